The van der Waals surface area contributed by atoms with Crippen LogP contribution in [0.25, 0.3) is 66.2 Å². The average molecular weight is 2000 g/mol. The third-order valence-electron chi connectivity index (χ3n) is 13.5. The van der Waals surface area contributed by atoms with Gasteiger partial charge in [-0.2, -0.15) is 0 Å². The Morgan fingerprint density at radius 3 is 0.402 bits per heavy atom. The van der Waals surface area contributed by atoms with Crippen molar-refractivity contribution in [3.63, 3.8) is 0 Å². The minimum absolute atomic E-state index is 0.681. The highest BCUT2D eigenvalue weighted by Gasteiger charge is 2.24. The summed E-state index contributed by atoms with van der Waals surface area (Å²) in [6, 6.07) is 50.0. The lowest BCUT2D eigenvalue weighted by Gasteiger charge is -2.10. The molecule has 0 fully saturated rings. The molecule has 0 aliphatic carbocycles. The Hall–Kier alpha value is -13.6. The van der Waals surface area contributed by atoms with Crippen molar-refractivity contribution >= 4 is 165 Å². The maximum absolute atomic E-state index is 10.1. The molecule has 0 radical (unpaired) electrons. The minimum atomic E-state index is -5.42. The van der Waals surface area contributed by atoms with Gasteiger partial charge in [-0.15, -0.1) is 53.9 Å². The van der Waals surface area contributed by atoms with Crippen LogP contribution in [-0.4, -0.2) is 431 Å². The summed E-state index contributed by atoms with van der Waals surface area (Å²) in [6.45, 7) is 0. The zero-order chi connectivity index (χ0) is 101. The first-order valence-electron chi connectivity index (χ1n) is 35.7. The van der Waals surface area contributed by atoms with Crippen LogP contribution in [0.5, 0.6) is 0 Å². The molecule has 0 unspecified atom stereocenters. The van der Waals surface area contributed by atoms with E-state index in [-0.39, 0.29) is 0 Å². The van der Waals surface area contributed by atoms with E-state index in [2.05, 4.69) is 61.9 Å². The number of benzene rings is 6. The monoisotopic (exact) mass is 2000 g/mol. The van der Waals surface area contributed by atoms with Crippen molar-refractivity contribution in [2.24, 2.45) is 0 Å². The molecule has 132 heavy (non-hydrogen) atoms. The summed E-state index contributed by atoms with van der Waals surface area (Å²) in [4.78, 5) is 54.0. The number of hydrogen-bond donors (Lipinski definition) is 0. The molecule has 66 heteroatoms. The molecule has 732 valence electrons. The van der Waals surface area contributed by atoms with Crippen LogP contribution in [-0.2, 0) is 63.0 Å². The van der Waals surface area contributed by atoms with Crippen molar-refractivity contribution in [3.8, 4) is 0 Å². The zero-order valence-electron chi connectivity index (χ0n) is 74.8. The van der Waals surface area contributed by atoms with Crippen LogP contribution in [0, 0.1) is 0 Å². The predicted molar refractivity (Wildman–Crippen MR) is 454 cm³/mol. The maximum Gasteiger partial charge on any atom is 0.471 e. The summed E-state index contributed by atoms with van der Waals surface area (Å²) in [5.41, 5.74) is 9.91. The molecule has 6 aromatic carbocycles. The van der Waals surface area contributed by atoms with E-state index in [1.54, 1.807) is 0 Å². The summed E-state index contributed by atoms with van der Waals surface area (Å²) in [5, 5.41) is 48.0. The molecule has 0 spiro atoms. The number of para-hydroxylation sites is 6. The van der Waals surface area contributed by atoms with Crippen LogP contribution < -0.4 is 29.0 Å². The highest BCUT2D eigenvalue weighted by molar-refractivity contribution is 7.81. The Morgan fingerprint density at radius 2 is 0.318 bits per heavy atom. The van der Waals surface area contributed by atoms with Gasteiger partial charge >= 0.3 is 36.1 Å². The van der Waals surface area contributed by atoms with Crippen LogP contribution >= 0.6 is 0 Å². The molecule has 0 aliphatic rings. The number of aromatic nitrogens is 18. The van der Waals surface area contributed by atoms with E-state index in [0.717, 1.165) is 66.2 Å². The second kappa shape index (κ2) is 53.5. The summed E-state index contributed by atoms with van der Waals surface area (Å²) in [6.07, 6.45) is 0. The third kappa shape index (κ3) is 48.7. The molecule has 0 N–H and O–H groups in total. The van der Waals surface area contributed by atoms with Crippen LogP contribution in [0.3, 0.4) is 0 Å². The smallest absolute Gasteiger partial charge is 0.471 e. The van der Waals surface area contributed by atoms with E-state index >= 15 is 0 Å². The lowest BCUT2D eigenvalue weighted by atomic mass is 10.3. The fourth-order valence-electron chi connectivity index (χ4n) is 9.33. The van der Waals surface area contributed by atoms with Gasteiger partial charge in [-0.1, -0.05) is 102 Å². The lowest BCUT2D eigenvalue weighted by molar-refractivity contribution is -0.480. The molecule has 0 amide bonds. The van der Waals surface area contributed by atoms with Crippen LogP contribution in [0.2, 0.25) is 0 Å². The van der Waals surface area contributed by atoms with Crippen molar-refractivity contribution in [2.75, 3.05) is 169 Å². The van der Waals surface area contributed by atoms with Gasteiger partial charge in [0.1, 0.15) is 66.2 Å². The molecule has 0 saturated carbocycles. The van der Waals surface area contributed by atoms with Crippen molar-refractivity contribution in [1.29, 1.82) is 0 Å². The van der Waals surface area contributed by atoms with E-state index < -0.39 is 63.0 Å². The fourth-order valence-corrected chi connectivity index (χ4v) is 9.33. The van der Waals surface area contributed by atoms with Crippen molar-refractivity contribution in [3.05, 3.63) is 146 Å². The molecular weight excluding hydrogens is 1900 g/mol. The predicted octanol–water partition coefficient (Wildman–Crippen LogP) is -3.21. The van der Waals surface area contributed by atoms with Crippen molar-refractivity contribution in [1.82, 2.24) is 120 Å². The molecule has 0 bridgehead atoms. The Bertz CT molecular complexity index is 5580. The number of halogens is 6. The third-order valence-corrected chi connectivity index (χ3v) is 13.5. The van der Waals surface area contributed by atoms with Gasteiger partial charge in [-0.3, -0.25) is 29.0 Å². The Balaban J connectivity index is 0.000000745. The first-order chi connectivity index (χ1) is 60.6. The molecule has 0 saturated heterocycles. The van der Waals surface area contributed by atoms with Crippen molar-refractivity contribution < 1.29 is 158 Å². The fraction of sp³-hybridized carbons (Fsp3) is 0.364. The Morgan fingerprint density at radius 1 is 0.227 bits per heavy atom. The topological polar surface area (TPSA) is 620 Å². The number of fused-ring (bicyclic) bond motifs is 6. The van der Waals surface area contributed by atoms with Gasteiger partial charge in [0, 0.05) is 0 Å². The normalized spacial score (nSPS) is 10.6. The molecule has 12 aromatic rings. The lowest BCUT2D eigenvalue weighted by Crippen LogP contribution is -2.39. The first kappa shape index (κ1) is 116. The van der Waals surface area contributed by atoms with Gasteiger partial charge in [-0.25, -0.2) is 107 Å². The van der Waals surface area contributed by atoms with E-state index in [1.807, 2.05) is 372 Å². The Kier molecular flexibility index (Phi) is 47.2. The van der Waals surface area contributed by atoms with Gasteiger partial charge in [0.05, 0.1) is 169 Å². The minimum Gasteiger partial charge on any atom is -0.722 e. The second-order valence-corrected chi connectivity index (χ2v) is 31.8. The summed E-state index contributed by atoms with van der Waals surface area (Å²) < 4.78 is 223. The number of hydrogen-bond acceptors (Lipinski definition) is 36. The van der Waals surface area contributed by atoms with Gasteiger partial charge in [0.25, 0.3) is 63.0 Å². The van der Waals surface area contributed by atoms with Crippen LogP contribution in [0.1, 0.15) is 0 Å². The number of amidine groups is 6. The van der Waals surface area contributed by atoms with Gasteiger partial charge < -0.3 is 27.3 Å². The molecule has 54 nitrogen and oxygen atoms in total. The van der Waals surface area contributed by atoms with Crippen LogP contribution in [0.15, 0.2) is 146 Å². The van der Waals surface area contributed by atoms with Crippen molar-refractivity contribution in [2.45, 2.75) is 0 Å². The SMILES string of the molecule is CN(C)C(On1nnc2ccccc21)=[N+](C)C.CN(C)C(On1nnc2ccccc21)=[N+](C)C.CN(C)C(On1nnc2ccccc21)=[N+](C)C.CN(C)C(On1nnc2ccccc21)=[N+](C)C.CN(C)C(On1nnc2ccccc21)=[N+](C)C.CN(C)C(On1nnc2ccccc21)=[N+](C)C.O=S(=O)([O-])F.O=S(=O)([O-])F.O=S(=O)([O-])F.O=S(=O)([O-])F.O=S(=O)([O-])F.O=S(=O)([O-])F. The van der Waals surface area contributed by atoms with Gasteiger partial charge in [0.15, 0.2) is 0 Å². The first-order valence-corrected chi connectivity index (χ1v) is 43.6. The maximum atomic E-state index is 10.1. The summed E-state index contributed by atoms with van der Waals surface area (Å²) >= 11 is 0. The molecule has 6 aromatic heterocycles. The molecule has 0 atom stereocenters. The van der Waals surface area contributed by atoms with E-state index in [0.29, 0.717) is 36.1 Å². The zero-order valence-corrected chi connectivity index (χ0v) is 79.7. The molecule has 12 rings (SSSR count). The molecule has 6 heterocycles. The highest BCUT2D eigenvalue weighted by atomic mass is 32.3. The van der Waals surface area contributed by atoms with Gasteiger partial charge in [0.2, 0.25) is 0 Å². The van der Waals surface area contributed by atoms with Crippen LogP contribution in [0.4, 0.5) is 23.3 Å². The summed E-state index contributed by atoms with van der Waals surface area (Å²) in [7, 11) is 13.4. The standard InChI is InChI=1S/6C11H16N5O.6FHO3S/c6*1-14(2)11(15(3)4)17-16-10-8-6-5-7-9(10)12-13-16;6*1-5(2,3)4/h6*5-8H,1-4H3;6*(H,2,3,4)/q6*+1;;;;;;/p-6. The van der Waals surface area contributed by atoms with E-state index in [1.165, 1.54) is 29.1 Å². The average Bonchev–Trinajstić information content (AvgIpc) is 1.71. The number of rotatable bonds is 6. The van der Waals surface area contributed by atoms with Gasteiger partial charge in [-0.05, 0) is 104 Å². The quantitative estimate of drug-likeness (QED) is 0.0395. The largest absolute Gasteiger partial charge is 0.722 e. The Labute approximate surface area is 754 Å². The summed E-state index contributed by atoms with van der Waals surface area (Å²) in [5.74, 6) is 0. The highest BCUT2D eigenvalue weighted by Crippen LogP contribution is 2.14. The molecular formula is C66H96F6N30O24S6. The second-order valence-electron chi connectivity index (χ2n) is 27.0. The van der Waals surface area contributed by atoms with E-state index in [4.69, 9.17) is 107 Å². The molecule has 0 aliphatic heterocycles. The number of nitrogens with zero attached hydrogens (tertiary/aromatic N) is 30. The van der Waals surface area contributed by atoms with E-state index in [9.17, 15) is 23.3 Å².